The minimum Gasteiger partial charge on any atom is -0.255 e. The predicted molar refractivity (Wildman–Crippen MR) is 126 cm³/mol. The Morgan fingerprint density at radius 1 is 0.500 bits per heavy atom. The Morgan fingerprint density at radius 3 is 0.964 bits per heavy atom. The molecule has 2 nitrogen and oxygen atoms in total. The lowest BCUT2D eigenvalue weighted by molar-refractivity contribution is 0.834. The molecular formula is C26H36N2. The average molecular weight is 377 g/mol. The molecule has 0 radical (unpaired) electrons. The Bertz CT molecular complexity index is 716. The highest BCUT2D eigenvalue weighted by atomic mass is 14.8. The van der Waals surface area contributed by atoms with E-state index >= 15 is 0 Å². The summed E-state index contributed by atoms with van der Waals surface area (Å²) >= 11 is 0. The molecule has 0 fully saturated rings. The van der Waals surface area contributed by atoms with E-state index in [0.717, 1.165) is 11.4 Å². The van der Waals surface area contributed by atoms with Crippen LogP contribution in [-0.4, -0.2) is 12.4 Å². The SMILES string of the molecule is CC(C)c1cccc(C(C)C)c1/N=C/C=N/c1c(C(C)C)cccc1C(C)C. The summed E-state index contributed by atoms with van der Waals surface area (Å²) in [7, 11) is 0. The highest BCUT2D eigenvalue weighted by Crippen LogP contribution is 2.35. The van der Waals surface area contributed by atoms with Crippen molar-refractivity contribution in [3.63, 3.8) is 0 Å². The fourth-order valence-corrected chi connectivity index (χ4v) is 3.54. The average Bonchev–Trinajstić information content (AvgIpc) is 2.64. The van der Waals surface area contributed by atoms with Crippen LogP contribution in [0.1, 0.15) is 101 Å². The first-order chi connectivity index (χ1) is 13.2. The van der Waals surface area contributed by atoms with E-state index in [1.165, 1.54) is 22.3 Å². The molecule has 0 aliphatic carbocycles. The van der Waals surface area contributed by atoms with Crippen LogP contribution in [0.4, 0.5) is 11.4 Å². The Kier molecular flexibility index (Phi) is 7.74. The summed E-state index contributed by atoms with van der Waals surface area (Å²) in [6.07, 6.45) is 3.71. The molecule has 2 aromatic carbocycles. The summed E-state index contributed by atoms with van der Waals surface area (Å²) in [5, 5.41) is 0. The fraction of sp³-hybridized carbons (Fsp3) is 0.462. The molecule has 2 heteroatoms. The third-order valence-electron chi connectivity index (χ3n) is 5.16. The van der Waals surface area contributed by atoms with Gasteiger partial charge in [-0.15, -0.1) is 0 Å². The predicted octanol–water partition coefficient (Wildman–Crippen LogP) is 8.29. The summed E-state index contributed by atoms with van der Waals surface area (Å²) in [4.78, 5) is 9.68. The summed E-state index contributed by atoms with van der Waals surface area (Å²) in [5.74, 6) is 1.77. The number of aliphatic imine (C=N–C) groups is 2. The van der Waals surface area contributed by atoms with Crippen molar-refractivity contribution in [1.29, 1.82) is 0 Å². The van der Waals surface area contributed by atoms with E-state index in [1.54, 1.807) is 0 Å². The van der Waals surface area contributed by atoms with Gasteiger partial charge in [-0.1, -0.05) is 91.8 Å². The summed E-state index contributed by atoms with van der Waals surface area (Å²) < 4.78 is 0. The van der Waals surface area contributed by atoms with E-state index in [-0.39, 0.29) is 0 Å². The lowest BCUT2D eigenvalue weighted by Gasteiger charge is -2.16. The van der Waals surface area contributed by atoms with Gasteiger partial charge >= 0.3 is 0 Å². The highest BCUT2D eigenvalue weighted by molar-refractivity contribution is 6.17. The van der Waals surface area contributed by atoms with Gasteiger partial charge in [-0.05, 0) is 45.9 Å². The van der Waals surface area contributed by atoms with Crippen LogP contribution >= 0.6 is 0 Å². The lowest BCUT2D eigenvalue weighted by Crippen LogP contribution is -1.96. The standard InChI is InChI=1S/C26H36N2/c1-17(2)21-11-9-12-22(18(3)4)25(21)27-15-16-28-26-23(19(5)6)13-10-14-24(26)20(7)8/h9-20H,1-8H3/b27-15+,28-16+. The molecule has 0 saturated heterocycles. The van der Waals surface area contributed by atoms with Crippen LogP contribution in [0.3, 0.4) is 0 Å². The second-order valence-corrected chi connectivity index (χ2v) is 8.75. The van der Waals surface area contributed by atoms with E-state index in [1.807, 2.05) is 12.4 Å². The van der Waals surface area contributed by atoms with Gasteiger partial charge in [0.2, 0.25) is 0 Å². The Balaban J connectivity index is 2.43. The minimum absolute atomic E-state index is 0.442. The molecule has 0 aliphatic rings. The zero-order valence-corrected chi connectivity index (χ0v) is 18.8. The molecule has 0 atom stereocenters. The maximum absolute atomic E-state index is 4.84. The van der Waals surface area contributed by atoms with Gasteiger partial charge in [0.05, 0.1) is 11.4 Å². The third-order valence-corrected chi connectivity index (χ3v) is 5.16. The van der Waals surface area contributed by atoms with Crippen LogP contribution in [0.5, 0.6) is 0 Å². The van der Waals surface area contributed by atoms with Gasteiger partial charge in [0.15, 0.2) is 0 Å². The Hall–Kier alpha value is -2.22. The van der Waals surface area contributed by atoms with E-state index in [9.17, 15) is 0 Å². The molecule has 2 aromatic rings. The quantitative estimate of drug-likeness (QED) is 0.434. The lowest BCUT2D eigenvalue weighted by atomic mass is 9.93. The van der Waals surface area contributed by atoms with Crippen LogP contribution in [0, 0.1) is 0 Å². The zero-order valence-electron chi connectivity index (χ0n) is 18.8. The highest BCUT2D eigenvalue weighted by Gasteiger charge is 2.13. The number of para-hydroxylation sites is 2. The Labute approximate surface area is 171 Å². The number of benzene rings is 2. The first-order valence-electron chi connectivity index (χ1n) is 10.6. The molecule has 0 bridgehead atoms. The van der Waals surface area contributed by atoms with Gasteiger partial charge < -0.3 is 0 Å². The van der Waals surface area contributed by atoms with Gasteiger partial charge in [0.1, 0.15) is 0 Å². The van der Waals surface area contributed by atoms with Crippen molar-refractivity contribution in [3.05, 3.63) is 58.7 Å². The van der Waals surface area contributed by atoms with Crippen molar-refractivity contribution in [1.82, 2.24) is 0 Å². The van der Waals surface area contributed by atoms with Gasteiger partial charge in [-0.3, -0.25) is 9.98 Å². The van der Waals surface area contributed by atoms with Crippen LogP contribution in [0.2, 0.25) is 0 Å². The summed E-state index contributed by atoms with van der Waals surface area (Å²) in [6.45, 7) is 17.8. The second kappa shape index (κ2) is 9.82. The van der Waals surface area contributed by atoms with Crippen molar-refractivity contribution >= 4 is 23.8 Å². The van der Waals surface area contributed by atoms with Gasteiger partial charge in [0.25, 0.3) is 0 Å². The third kappa shape index (κ3) is 5.19. The van der Waals surface area contributed by atoms with Crippen molar-refractivity contribution in [3.8, 4) is 0 Å². The molecule has 0 amide bonds. The Morgan fingerprint density at radius 2 is 0.750 bits per heavy atom. The van der Waals surface area contributed by atoms with Crippen LogP contribution in [0.25, 0.3) is 0 Å². The molecule has 0 heterocycles. The normalized spacial score (nSPS) is 12.6. The number of hydrogen-bond donors (Lipinski definition) is 0. The second-order valence-electron chi connectivity index (χ2n) is 8.75. The molecule has 0 aliphatic heterocycles. The van der Waals surface area contributed by atoms with Crippen molar-refractivity contribution in [2.75, 3.05) is 0 Å². The van der Waals surface area contributed by atoms with Gasteiger partial charge in [0, 0.05) is 12.4 Å². The van der Waals surface area contributed by atoms with E-state index in [2.05, 4.69) is 91.8 Å². The topological polar surface area (TPSA) is 24.7 Å². The first kappa shape index (κ1) is 22.1. The van der Waals surface area contributed by atoms with Crippen LogP contribution < -0.4 is 0 Å². The molecular weight excluding hydrogens is 340 g/mol. The number of rotatable bonds is 7. The molecule has 0 saturated carbocycles. The van der Waals surface area contributed by atoms with E-state index in [4.69, 9.17) is 9.98 Å². The fourth-order valence-electron chi connectivity index (χ4n) is 3.54. The summed E-state index contributed by atoms with van der Waals surface area (Å²) in [6, 6.07) is 13.0. The van der Waals surface area contributed by atoms with E-state index in [0.29, 0.717) is 23.7 Å². The molecule has 28 heavy (non-hydrogen) atoms. The molecule has 0 spiro atoms. The number of hydrogen-bond acceptors (Lipinski definition) is 2. The largest absolute Gasteiger partial charge is 0.255 e. The first-order valence-corrected chi connectivity index (χ1v) is 10.6. The molecule has 0 unspecified atom stereocenters. The minimum atomic E-state index is 0.442. The maximum atomic E-state index is 4.84. The van der Waals surface area contributed by atoms with Gasteiger partial charge in [-0.25, -0.2) is 0 Å². The number of nitrogens with zero attached hydrogens (tertiary/aromatic N) is 2. The van der Waals surface area contributed by atoms with Crippen LogP contribution in [-0.2, 0) is 0 Å². The molecule has 2 rings (SSSR count). The van der Waals surface area contributed by atoms with Crippen molar-refractivity contribution in [2.24, 2.45) is 9.98 Å². The van der Waals surface area contributed by atoms with Crippen molar-refractivity contribution < 1.29 is 0 Å². The molecule has 0 aromatic heterocycles. The maximum Gasteiger partial charge on any atom is 0.0699 e. The van der Waals surface area contributed by atoms with Gasteiger partial charge in [-0.2, -0.15) is 0 Å². The molecule has 0 N–H and O–H groups in total. The van der Waals surface area contributed by atoms with Crippen molar-refractivity contribution in [2.45, 2.75) is 79.1 Å². The summed E-state index contributed by atoms with van der Waals surface area (Å²) in [5.41, 5.74) is 7.37. The molecule has 150 valence electrons. The van der Waals surface area contributed by atoms with E-state index < -0.39 is 0 Å². The smallest absolute Gasteiger partial charge is 0.0699 e. The van der Waals surface area contributed by atoms with Crippen LogP contribution in [0.15, 0.2) is 46.4 Å². The zero-order chi connectivity index (χ0) is 20.8. The monoisotopic (exact) mass is 376 g/mol.